The number of anilines is 1. The van der Waals surface area contributed by atoms with E-state index in [1.807, 2.05) is 20.8 Å². The third kappa shape index (κ3) is 3.81. The molecule has 104 valence electrons. The van der Waals surface area contributed by atoms with Crippen molar-refractivity contribution in [3.05, 3.63) is 11.8 Å². The van der Waals surface area contributed by atoms with E-state index in [1.165, 1.54) is 0 Å². The second kappa shape index (κ2) is 5.03. The standard InChI is InChI=1S/C13H18N2O4/c1-13(2,3)9-6-11(19-15-9)14-10(16)7-18-12(17)8-4-5-8/h6,8H,4-5,7H2,1-3H3,(H,14,16). The molecule has 6 heteroatoms. The number of carbonyl (C=O) groups excluding carboxylic acids is 2. The lowest BCUT2D eigenvalue weighted by Gasteiger charge is -2.12. The summed E-state index contributed by atoms with van der Waals surface area (Å²) in [4.78, 5) is 22.8. The van der Waals surface area contributed by atoms with Gasteiger partial charge < -0.3 is 9.26 Å². The van der Waals surface area contributed by atoms with Gasteiger partial charge in [-0.15, -0.1) is 0 Å². The Hall–Kier alpha value is -1.85. The molecule has 1 heterocycles. The van der Waals surface area contributed by atoms with Gasteiger partial charge >= 0.3 is 5.97 Å². The van der Waals surface area contributed by atoms with Gasteiger partial charge in [0.2, 0.25) is 5.88 Å². The first-order valence-corrected chi connectivity index (χ1v) is 6.30. The molecule has 0 aliphatic heterocycles. The summed E-state index contributed by atoms with van der Waals surface area (Å²) in [7, 11) is 0. The van der Waals surface area contributed by atoms with Crippen molar-refractivity contribution in [2.75, 3.05) is 11.9 Å². The average molecular weight is 266 g/mol. The van der Waals surface area contributed by atoms with Gasteiger partial charge in [-0.2, -0.15) is 0 Å². The highest BCUT2D eigenvalue weighted by atomic mass is 16.5. The van der Waals surface area contributed by atoms with Gasteiger partial charge in [0.25, 0.3) is 5.91 Å². The molecular formula is C13H18N2O4. The predicted molar refractivity (Wildman–Crippen MR) is 67.5 cm³/mol. The number of nitrogens with one attached hydrogen (secondary N) is 1. The molecular weight excluding hydrogens is 248 g/mol. The highest BCUT2D eigenvalue weighted by molar-refractivity contribution is 5.91. The van der Waals surface area contributed by atoms with Gasteiger partial charge in [0.15, 0.2) is 6.61 Å². The van der Waals surface area contributed by atoms with Crippen molar-refractivity contribution in [2.45, 2.75) is 39.0 Å². The van der Waals surface area contributed by atoms with Gasteiger partial charge in [-0.25, -0.2) is 0 Å². The van der Waals surface area contributed by atoms with Gasteiger partial charge in [-0.05, 0) is 12.8 Å². The number of carbonyl (C=O) groups is 2. The fraction of sp³-hybridized carbons (Fsp3) is 0.615. The van der Waals surface area contributed by atoms with E-state index in [-0.39, 0.29) is 29.8 Å². The van der Waals surface area contributed by atoms with Crippen LogP contribution in [0.3, 0.4) is 0 Å². The second-order valence-electron chi connectivity index (χ2n) is 5.76. The Labute approximate surface area is 111 Å². The first-order chi connectivity index (χ1) is 8.86. The summed E-state index contributed by atoms with van der Waals surface area (Å²) in [5.41, 5.74) is 0.600. The normalized spacial score (nSPS) is 15.1. The summed E-state index contributed by atoms with van der Waals surface area (Å²) in [6.45, 7) is 5.69. The quantitative estimate of drug-likeness (QED) is 0.841. The van der Waals surface area contributed by atoms with Gasteiger partial charge in [-0.3, -0.25) is 14.9 Å². The summed E-state index contributed by atoms with van der Waals surface area (Å²) in [6, 6.07) is 1.67. The minimum absolute atomic E-state index is 0.00873. The van der Waals surface area contributed by atoms with Crippen molar-refractivity contribution in [1.82, 2.24) is 5.16 Å². The Balaban J connectivity index is 1.81. The molecule has 6 nitrogen and oxygen atoms in total. The van der Waals surface area contributed by atoms with Crippen LogP contribution in [0.15, 0.2) is 10.6 Å². The van der Waals surface area contributed by atoms with Crippen LogP contribution in [0.2, 0.25) is 0 Å². The molecule has 1 N–H and O–H groups in total. The fourth-order valence-corrected chi connectivity index (χ4v) is 1.43. The van der Waals surface area contributed by atoms with Crippen molar-refractivity contribution < 1.29 is 18.8 Å². The van der Waals surface area contributed by atoms with Crippen molar-refractivity contribution in [3.8, 4) is 0 Å². The summed E-state index contributed by atoms with van der Waals surface area (Å²) in [6.07, 6.45) is 1.72. The fourth-order valence-electron chi connectivity index (χ4n) is 1.43. The largest absolute Gasteiger partial charge is 0.455 e. The molecule has 1 amide bonds. The second-order valence-corrected chi connectivity index (χ2v) is 5.76. The number of esters is 1. The molecule has 1 fully saturated rings. The molecule has 0 spiro atoms. The van der Waals surface area contributed by atoms with Gasteiger partial charge in [0.1, 0.15) is 0 Å². The first kappa shape index (κ1) is 13.6. The molecule has 1 aromatic heterocycles. The Morgan fingerprint density at radius 3 is 2.68 bits per heavy atom. The minimum atomic E-state index is -0.425. The van der Waals surface area contributed by atoms with Crippen molar-refractivity contribution in [2.24, 2.45) is 5.92 Å². The zero-order valence-electron chi connectivity index (χ0n) is 11.4. The Morgan fingerprint density at radius 2 is 2.16 bits per heavy atom. The number of nitrogens with zero attached hydrogens (tertiary/aromatic N) is 1. The number of aromatic nitrogens is 1. The SMILES string of the molecule is CC(C)(C)c1cc(NC(=O)COC(=O)C2CC2)on1. The maximum absolute atomic E-state index is 11.5. The predicted octanol–water partition coefficient (Wildman–Crippen LogP) is 1.86. The van der Waals surface area contributed by atoms with E-state index in [4.69, 9.17) is 9.26 Å². The van der Waals surface area contributed by atoms with E-state index in [0.717, 1.165) is 18.5 Å². The smallest absolute Gasteiger partial charge is 0.309 e. The van der Waals surface area contributed by atoms with Crippen LogP contribution in [0.4, 0.5) is 5.88 Å². The molecule has 0 bridgehead atoms. The molecule has 0 unspecified atom stereocenters. The molecule has 0 aromatic carbocycles. The van der Waals surface area contributed by atoms with Crippen LogP contribution in [-0.2, 0) is 19.7 Å². The topological polar surface area (TPSA) is 81.4 Å². The van der Waals surface area contributed by atoms with Crippen LogP contribution >= 0.6 is 0 Å². The highest BCUT2D eigenvalue weighted by Gasteiger charge is 2.31. The number of rotatable bonds is 4. The lowest BCUT2D eigenvalue weighted by molar-refractivity contribution is -0.148. The third-order valence-corrected chi connectivity index (χ3v) is 2.80. The van der Waals surface area contributed by atoms with Crippen LogP contribution in [0.25, 0.3) is 0 Å². The summed E-state index contributed by atoms with van der Waals surface area (Å²) < 4.78 is 9.87. The van der Waals surface area contributed by atoms with E-state index in [2.05, 4.69) is 10.5 Å². The van der Waals surface area contributed by atoms with E-state index in [1.54, 1.807) is 6.07 Å². The molecule has 1 aromatic rings. The van der Waals surface area contributed by atoms with Crippen molar-refractivity contribution >= 4 is 17.8 Å². The van der Waals surface area contributed by atoms with Crippen LogP contribution in [0.5, 0.6) is 0 Å². The molecule has 0 saturated heterocycles. The number of amides is 1. The van der Waals surface area contributed by atoms with E-state index in [9.17, 15) is 9.59 Å². The van der Waals surface area contributed by atoms with Crippen LogP contribution in [0, 0.1) is 5.92 Å². The van der Waals surface area contributed by atoms with E-state index < -0.39 is 5.91 Å². The van der Waals surface area contributed by atoms with Crippen LogP contribution < -0.4 is 5.32 Å². The summed E-state index contributed by atoms with van der Waals surface area (Å²) in [5, 5.41) is 6.38. The monoisotopic (exact) mass is 266 g/mol. The Morgan fingerprint density at radius 1 is 1.47 bits per heavy atom. The molecule has 2 rings (SSSR count). The molecule has 1 aliphatic carbocycles. The maximum Gasteiger partial charge on any atom is 0.309 e. The average Bonchev–Trinajstić information content (AvgIpc) is 3.05. The molecule has 1 aliphatic rings. The molecule has 19 heavy (non-hydrogen) atoms. The van der Waals surface area contributed by atoms with Crippen LogP contribution in [-0.4, -0.2) is 23.6 Å². The molecule has 0 radical (unpaired) electrons. The molecule has 1 saturated carbocycles. The maximum atomic E-state index is 11.5. The van der Waals surface area contributed by atoms with E-state index in [0.29, 0.717) is 0 Å². The van der Waals surface area contributed by atoms with E-state index >= 15 is 0 Å². The first-order valence-electron chi connectivity index (χ1n) is 6.30. The van der Waals surface area contributed by atoms with Gasteiger partial charge in [0.05, 0.1) is 11.6 Å². The Bertz CT molecular complexity index is 483. The van der Waals surface area contributed by atoms with Crippen molar-refractivity contribution in [3.63, 3.8) is 0 Å². The summed E-state index contributed by atoms with van der Waals surface area (Å²) in [5.74, 6) is -0.475. The minimum Gasteiger partial charge on any atom is -0.455 e. The number of ether oxygens (including phenoxy) is 1. The highest BCUT2D eigenvalue weighted by Crippen LogP contribution is 2.30. The third-order valence-electron chi connectivity index (χ3n) is 2.80. The van der Waals surface area contributed by atoms with Crippen molar-refractivity contribution in [1.29, 1.82) is 0 Å². The van der Waals surface area contributed by atoms with Gasteiger partial charge in [-0.1, -0.05) is 25.9 Å². The van der Waals surface area contributed by atoms with Gasteiger partial charge in [0, 0.05) is 11.5 Å². The summed E-state index contributed by atoms with van der Waals surface area (Å²) >= 11 is 0. The van der Waals surface area contributed by atoms with Crippen LogP contribution in [0.1, 0.15) is 39.3 Å². The number of hydrogen-bond acceptors (Lipinski definition) is 5. The lowest BCUT2D eigenvalue weighted by Crippen LogP contribution is -2.21. The Kier molecular flexibility index (Phi) is 3.59. The molecule has 0 atom stereocenters. The zero-order chi connectivity index (χ0) is 14.0. The lowest BCUT2D eigenvalue weighted by atomic mass is 9.92. The zero-order valence-corrected chi connectivity index (χ0v) is 11.4. The number of hydrogen-bond donors (Lipinski definition) is 1.